The van der Waals surface area contributed by atoms with Gasteiger partial charge in [-0.1, -0.05) is 12.1 Å². The number of nitrogens with zero attached hydrogens (tertiary/aromatic N) is 1. The highest BCUT2D eigenvalue weighted by Crippen LogP contribution is 2.16. The largest absolute Gasteiger partial charge is 0.480 e. The number of benzene rings is 1. The summed E-state index contributed by atoms with van der Waals surface area (Å²) in [6.07, 6.45) is 0.849. The Kier molecular flexibility index (Phi) is 4.68. The van der Waals surface area contributed by atoms with Crippen molar-refractivity contribution >= 4 is 11.9 Å². The van der Waals surface area contributed by atoms with Crippen LogP contribution in [-0.4, -0.2) is 41.1 Å². The van der Waals surface area contributed by atoms with Gasteiger partial charge in [0.2, 0.25) is 0 Å². The Bertz CT molecular complexity index is 482. The van der Waals surface area contributed by atoms with E-state index in [4.69, 9.17) is 9.84 Å². The average Bonchev–Trinajstić information content (AvgIpc) is 2.93. The predicted octanol–water partition coefficient (Wildman–Crippen LogP) is 1.42. The van der Waals surface area contributed by atoms with Gasteiger partial charge < -0.3 is 14.7 Å². The molecule has 1 heterocycles. The summed E-state index contributed by atoms with van der Waals surface area (Å²) < 4.78 is 18.1. The van der Waals surface area contributed by atoms with E-state index in [1.165, 1.54) is 29.2 Å². The third-order valence-corrected chi connectivity index (χ3v) is 3.13. The van der Waals surface area contributed by atoms with Crippen LogP contribution in [0.2, 0.25) is 0 Å². The lowest BCUT2D eigenvalue weighted by Crippen LogP contribution is -2.41. The number of amides is 1. The molecular weight excluding hydrogens is 265 g/mol. The molecule has 1 atom stereocenters. The topological polar surface area (TPSA) is 66.8 Å². The Morgan fingerprint density at radius 1 is 1.35 bits per heavy atom. The van der Waals surface area contributed by atoms with E-state index < -0.39 is 18.6 Å². The van der Waals surface area contributed by atoms with Crippen molar-refractivity contribution in [2.45, 2.75) is 25.5 Å². The highest BCUT2D eigenvalue weighted by molar-refractivity contribution is 5.84. The molecule has 0 saturated carbocycles. The highest BCUT2D eigenvalue weighted by atomic mass is 19.1. The standard InChI is InChI=1S/C14H16FNO4/c15-11-5-3-10(4-6-11)8-16(9-13(17)18)14(19)12-2-1-7-20-12/h3-6,12H,1-2,7-9H2,(H,17,18)/t12-/m0/s1. The van der Waals surface area contributed by atoms with Crippen molar-refractivity contribution in [2.24, 2.45) is 0 Å². The zero-order valence-electron chi connectivity index (χ0n) is 10.9. The van der Waals surface area contributed by atoms with E-state index in [0.717, 1.165) is 6.42 Å². The van der Waals surface area contributed by atoms with Gasteiger partial charge in [0.25, 0.3) is 5.91 Å². The minimum absolute atomic E-state index is 0.130. The Morgan fingerprint density at radius 3 is 2.60 bits per heavy atom. The third-order valence-electron chi connectivity index (χ3n) is 3.13. The quantitative estimate of drug-likeness (QED) is 0.886. The molecule has 0 unspecified atom stereocenters. The van der Waals surface area contributed by atoms with Crippen LogP contribution < -0.4 is 0 Å². The summed E-state index contributed by atoms with van der Waals surface area (Å²) in [6.45, 7) is 0.259. The van der Waals surface area contributed by atoms with Crippen LogP contribution in [0.25, 0.3) is 0 Å². The van der Waals surface area contributed by atoms with Crippen LogP contribution in [0.4, 0.5) is 4.39 Å². The molecule has 1 amide bonds. The maximum Gasteiger partial charge on any atom is 0.323 e. The molecule has 1 aromatic carbocycles. The first kappa shape index (κ1) is 14.5. The van der Waals surface area contributed by atoms with E-state index in [1.807, 2.05) is 0 Å². The molecular formula is C14H16FNO4. The van der Waals surface area contributed by atoms with E-state index >= 15 is 0 Å². The zero-order valence-corrected chi connectivity index (χ0v) is 10.9. The van der Waals surface area contributed by atoms with Crippen LogP contribution in [0.3, 0.4) is 0 Å². The normalized spacial score (nSPS) is 17.9. The van der Waals surface area contributed by atoms with Crippen LogP contribution in [0.15, 0.2) is 24.3 Å². The first-order valence-corrected chi connectivity index (χ1v) is 6.43. The van der Waals surface area contributed by atoms with E-state index in [-0.39, 0.29) is 18.3 Å². The molecule has 1 saturated heterocycles. The molecule has 0 radical (unpaired) electrons. The molecule has 1 aliphatic rings. The second kappa shape index (κ2) is 6.47. The summed E-state index contributed by atoms with van der Waals surface area (Å²) in [7, 11) is 0. The van der Waals surface area contributed by atoms with Gasteiger partial charge in [0, 0.05) is 13.2 Å². The van der Waals surface area contributed by atoms with Crippen molar-refractivity contribution in [1.29, 1.82) is 0 Å². The van der Waals surface area contributed by atoms with Gasteiger partial charge in [-0.3, -0.25) is 9.59 Å². The number of rotatable bonds is 5. The molecule has 1 fully saturated rings. The Hall–Kier alpha value is -1.95. The molecule has 1 N–H and O–H groups in total. The Balaban J connectivity index is 2.08. The molecule has 0 bridgehead atoms. The van der Waals surface area contributed by atoms with E-state index in [1.54, 1.807) is 0 Å². The van der Waals surface area contributed by atoms with Gasteiger partial charge in [0.1, 0.15) is 18.5 Å². The van der Waals surface area contributed by atoms with Crippen molar-refractivity contribution in [3.63, 3.8) is 0 Å². The van der Waals surface area contributed by atoms with Gasteiger partial charge in [0.15, 0.2) is 0 Å². The molecule has 1 aromatic rings. The maximum absolute atomic E-state index is 12.8. The van der Waals surface area contributed by atoms with Crippen molar-refractivity contribution < 1.29 is 23.8 Å². The number of aliphatic carboxylic acids is 1. The lowest BCUT2D eigenvalue weighted by atomic mass is 10.1. The maximum atomic E-state index is 12.8. The predicted molar refractivity (Wildman–Crippen MR) is 68.4 cm³/mol. The van der Waals surface area contributed by atoms with Crippen LogP contribution in [-0.2, 0) is 20.9 Å². The van der Waals surface area contributed by atoms with Crippen molar-refractivity contribution in [3.8, 4) is 0 Å². The first-order valence-electron chi connectivity index (χ1n) is 6.43. The average molecular weight is 281 g/mol. The number of halogens is 1. The van der Waals surface area contributed by atoms with Gasteiger partial charge in [-0.2, -0.15) is 0 Å². The summed E-state index contributed by atoms with van der Waals surface area (Å²) in [5.74, 6) is -1.78. The Labute approximate surface area is 116 Å². The number of hydrogen-bond acceptors (Lipinski definition) is 3. The molecule has 6 heteroatoms. The second-order valence-electron chi connectivity index (χ2n) is 4.72. The van der Waals surface area contributed by atoms with Crippen LogP contribution in [0.1, 0.15) is 18.4 Å². The number of carbonyl (C=O) groups excluding carboxylic acids is 1. The monoisotopic (exact) mass is 281 g/mol. The smallest absolute Gasteiger partial charge is 0.323 e. The lowest BCUT2D eigenvalue weighted by Gasteiger charge is -2.23. The number of carboxylic acids is 1. The first-order chi connectivity index (χ1) is 9.56. The van der Waals surface area contributed by atoms with Gasteiger partial charge in [-0.25, -0.2) is 4.39 Å². The van der Waals surface area contributed by atoms with Gasteiger partial charge in [-0.15, -0.1) is 0 Å². The summed E-state index contributed by atoms with van der Waals surface area (Å²) in [5, 5.41) is 8.90. The number of ether oxygens (including phenoxy) is 1. The fourth-order valence-electron chi connectivity index (χ4n) is 2.16. The SMILES string of the molecule is O=C(O)CN(Cc1ccc(F)cc1)C(=O)[C@@H]1CCCO1. The molecule has 0 spiro atoms. The van der Waals surface area contributed by atoms with Crippen LogP contribution in [0.5, 0.6) is 0 Å². The fraction of sp³-hybridized carbons (Fsp3) is 0.429. The van der Waals surface area contributed by atoms with Crippen molar-refractivity contribution in [1.82, 2.24) is 4.90 Å². The summed E-state index contributed by atoms with van der Waals surface area (Å²) >= 11 is 0. The van der Waals surface area contributed by atoms with Gasteiger partial charge in [0.05, 0.1) is 0 Å². The molecule has 1 aliphatic heterocycles. The van der Waals surface area contributed by atoms with Gasteiger partial charge in [-0.05, 0) is 30.5 Å². The molecule has 0 aromatic heterocycles. The molecule has 5 nitrogen and oxygen atoms in total. The number of hydrogen-bond donors (Lipinski definition) is 1. The highest BCUT2D eigenvalue weighted by Gasteiger charge is 2.29. The van der Waals surface area contributed by atoms with Crippen molar-refractivity contribution in [2.75, 3.05) is 13.2 Å². The minimum Gasteiger partial charge on any atom is -0.480 e. The third kappa shape index (κ3) is 3.77. The van der Waals surface area contributed by atoms with E-state index in [9.17, 15) is 14.0 Å². The summed E-state index contributed by atoms with van der Waals surface area (Å²) in [6, 6.07) is 5.63. The van der Waals surface area contributed by atoms with Crippen molar-refractivity contribution in [3.05, 3.63) is 35.6 Å². The van der Waals surface area contributed by atoms with Crippen LogP contribution >= 0.6 is 0 Å². The lowest BCUT2D eigenvalue weighted by molar-refractivity contribution is -0.149. The molecule has 0 aliphatic carbocycles. The van der Waals surface area contributed by atoms with Crippen LogP contribution in [0, 0.1) is 5.82 Å². The fourth-order valence-corrected chi connectivity index (χ4v) is 2.16. The Morgan fingerprint density at radius 2 is 2.05 bits per heavy atom. The zero-order chi connectivity index (χ0) is 14.5. The van der Waals surface area contributed by atoms with E-state index in [2.05, 4.69) is 0 Å². The molecule has 108 valence electrons. The molecule has 20 heavy (non-hydrogen) atoms. The minimum atomic E-state index is -1.08. The summed E-state index contributed by atoms with van der Waals surface area (Å²) in [4.78, 5) is 24.3. The van der Waals surface area contributed by atoms with Gasteiger partial charge >= 0.3 is 5.97 Å². The number of carboxylic acid groups (broad SMARTS) is 1. The second-order valence-corrected chi connectivity index (χ2v) is 4.72. The molecule has 2 rings (SSSR count). The van der Waals surface area contributed by atoms with E-state index in [0.29, 0.717) is 18.6 Å². The number of carbonyl (C=O) groups is 2. The summed E-state index contributed by atoms with van der Waals surface area (Å²) in [5.41, 5.74) is 0.680.